The van der Waals surface area contributed by atoms with Gasteiger partial charge >= 0.3 is 6.03 Å². The van der Waals surface area contributed by atoms with Crippen LogP contribution in [0.1, 0.15) is 51.4 Å². The van der Waals surface area contributed by atoms with Gasteiger partial charge in [-0.2, -0.15) is 0 Å². The summed E-state index contributed by atoms with van der Waals surface area (Å²) in [5.74, 6) is 0.195. The number of hydrogen-bond acceptors (Lipinski definition) is 4. The number of carbonyl (C=O) groups excluding carboxylic acids is 4. The van der Waals surface area contributed by atoms with Crippen molar-refractivity contribution in [2.24, 2.45) is 11.8 Å². The highest BCUT2D eigenvalue weighted by Crippen LogP contribution is 2.35. The molecule has 0 aromatic rings. The van der Waals surface area contributed by atoms with Gasteiger partial charge in [-0.1, -0.05) is 12.8 Å². The largest absolute Gasteiger partial charge is 0.356 e. The molecule has 2 heterocycles. The molecule has 4 fully saturated rings. The standard InChI is InChI=1S/C19H28N4O4/c24-15-10-14(12-22(15)11-13-4-5-13)16(25)20-8-3-9-23-17(26)19(21-18(23)27)6-1-2-7-19/h13-14H,1-12H2,(H,20,25)(H,21,27)/t14-/m1/s1. The summed E-state index contributed by atoms with van der Waals surface area (Å²) >= 11 is 0. The lowest BCUT2D eigenvalue weighted by atomic mass is 9.98. The van der Waals surface area contributed by atoms with E-state index in [0.29, 0.717) is 32.0 Å². The number of amides is 5. The third-order valence-corrected chi connectivity index (χ3v) is 6.32. The average molecular weight is 376 g/mol. The highest BCUT2D eigenvalue weighted by Gasteiger charge is 2.52. The van der Waals surface area contributed by atoms with Crippen LogP contribution < -0.4 is 10.6 Å². The topological polar surface area (TPSA) is 98.8 Å². The summed E-state index contributed by atoms with van der Waals surface area (Å²) in [4.78, 5) is 52.1. The Morgan fingerprint density at radius 3 is 2.63 bits per heavy atom. The minimum absolute atomic E-state index is 0.0725. The number of carbonyl (C=O) groups is 4. The first-order valence-corrected chi connectivity index (χ1v) is 10.2. The molecule has 1 spiro atoms. The number of rotatable bonds is 7. The van der Waals surface area contributed by atoms with Gasteiger partial charge in [0, 0.05) is 32.6 Å². The lowest BCUT2D eigenvalue weighted by molar-refractivity contribution is -0.131. The van der Waals surface area contributed by atoms with Gasteiger partial charge in [-0.25, -0.2) is 4.79 Å². The fourth-order valence-electron chi connectivity index (χ4n) is 4.53. The highest BCUT2D eigenvalue weighted by molar-refractivity contribution is 6.07. The first-order chi connectivity index (χ1) is 13.0. The van der Waals surface area contributed by atoms with E-state index in [1.165, 1.54) is 17.7 Å². The zero-order valence-electron chi connectivity index (χ0n) is 15.7. The van der Waals surface area contributed by atoms with E-state index in [0.717, 1.165) is 32.2 Å². The lowest BCUT2D eigenvalue weighted by Gasteiger charge is -2.20. The maximum absolute atomic E-state index is 12.6. The van der Waals surface area contributed by atoms with E-state index < -0.39 is 5.54 Å². The van der Waals surface area contributed by atoms with E-state index in [2.05, 4.69) is 10.6 Å². The summed E-state index contributed by atoms with van der Waals surface area (Å²) in [6.45, 7) is 2.01. The summed E-state index contributed by atoms with van der Waals surface area (Å²) in [7, 11) is 0. The van der Waals surface area contributed by atoms with Crippen molar-refractivity contribution >= 4 is 23.8 Å². The highest BCUT2D eigenvalue weighted by atomic mass is 16.2. The minimum atomic E-state index is -0.671. The van der Waals surface area contributed by atoms with Crippen LogP contribution in [0.4, 0.5) is 4.79 Å². The predicted molar refractivity (Wildman–Crippen MR) is 96.5 cm³/mol. The van der Waals surface area contributed by atoms with E-state index in [9.17, 15) is 19.2 Å². The van der Waals surface area contributed by atoms with E-state index >= 15 is 0 Å². The van der Waals surface area contributed by atoms with Crippen LogP contribution in [0.3, 0.4) is 0 Å². The SMILES string of the molecule is O=C(NCCCN1C(=O)NC2(CCCC2)C1=O)[C@@H]1CC(=O)N(CC2CC2)C1. The third kappa shape index (κ3) is 3.66. The minimum Gasteiger partial charge on any atom is -0.356 e. The maximum Gasteiger partial charge on any atom is 0.325 e. The molecule has 148 valence electrons. The zero-order valence-corrected chi connectivity index (χ0v) is 15.7. The molecule has 2 N–H and O–H groups in total. The molecule has 8 nitrogen and oxygen atoms in total. The van der Waals surface area contributed by atoms with Crippen LogP contribution in [0.25, 0.3) is 0 Å². The lowest BCUT2D eigenvalue weighted by Crippen LogP contribution is -2.44. The summed E-state index contributed by atoms with van der Waals surface area (Å²) in [5.41, 5.74) is -0.671. The van der Waals surface area contributed by atoms with Crippen LogP contribution in [-0.4, -0.2) is 65.3 Å². The molecule has 0 aromatic carbocycles. The number of imide groups is 1. The smallest absolute Gasteiger partial charge is 0.325 e. The molecule has 2 saturated heterocycles. The van der Waals surface area contributed by atoms with Gasteiger partial charge in [-0.3, -0.25) is 19.3 Å². The van der Waals surface area contributed by atoms with Crippen molar-refractivity contribution in [3.8, 4) is 0 Å². The molecule has 8 heteroatoms. The van der Waals surface area contributed by atoms with Gasteiger partial charge in [0.2, 0.25) is 11.8 Å². The normalized spacial score (nSPS) is 27.0. The Morgan fingerprint density at radius 1 is 1.19 bits per heavy atom. The van der Waals surface area contributed by atoms with Crippen LogP contribution in [0.5, 0.6) is 0 Å². The van der Waals surface area contributed by atoms with E-state index in [4.69, 9.17) is 0 Å². The van der Waals surface area contributed by atoms with Crippen molar-refractivity contribution in [1.82, 2.24) is 20.4 Å². The second kappa shape index (κ2) is 7.13. The number of nitrogens with one attached hydrogen (secondary N) is 2. The van der Waals surface area contributed by atoms with Gasteiger partial charge in [0.05, 0.1) is 5.92 Å². The predicted octanol–water partition coefficient (Wildman–Crippen LogP) is 0.616. The molecule has 0 unspecified atom stereocenters. The van der Waals surface area contributed by atoms with Gasteiger partial charge in [0.25, 0.3) is 5.91 Å². The Labute approximate surface area is 159 Å². The quantitative estimate of drug-likeness (QED) is 0.502. The number of urea groups is 1. The average Bonchev–Trinajstić information content (AvgIpc) is 3.11. The molecule has 4 aliphatic rings. The molecule has 5 amide bonds. The molecule has 4 rings (SSSR count). The third-order valence-electron chi connectivity index (χ3n) is 6.32. The van der Waals surface area contributed by atoms with Crippen LogP contribution in [0.15, 0.2) is 0 Å². The van der Waals surface area contributed by atoms with Crippen molar-refractivity contribution in [1.29, 1.82) is 0 Å². The Kier molecular flexibility index (Phi) is 4.82. The number of nitrogens with zero attached hydrogens (tertiary/aromatic N) is 2. The van der Waals surface area contributed by atoms with Crippen molar-refractivity contribution in [3.05, 3.63) is 0 Å². The Hall–Kier alpha value is -2.12. The Bertz CT molecular complexity index is 654. The van der Waals surface area contributed by atoms with Crippen molar-refractivity contribution < 1.29 is 19.2 Å². The fraction of sp³-hybridized carbons (Fsp3) is 0.789. The van der Waals surface area contributed by atoms with Crippen LogP contribution >= 0.6 is 0 Å². The molecule has 2 saturated carbocycles. The van der Waals surface area contributed by atoms with E-state index in [-0.39, 0.29) is 36.1 Å². The van der Waals surface area contributed by atoms with Crippen molar-refractivity contribution in [2.45, 2.75) is 56.9 Å². The molecular formula is C19H28N4O4. The molecule has 2 aliphatic carbocycles. The maximum atomic E-state index is 12.6. The summed E-state index contributed by atoms with van der Waals surface area (Å²) in [5, 5.41) is 5.72. The molecule has 0 radical (unpaired) electrons. The van der Waals surface area contributed by atoms with Gasteiger partial charge in [-0.15, -0.1) is 0 Å². The van der Waals surface area contributed by atoms with Crippen molar-refractivity contribution in [2.75, 3.05) is 26.2 Å². The zero-order chi connectivity index (χ0) is 19.0. The second-order valence-electron chi connectivity index (χ2n) is 8.46. The number of likely N-dealkylation sites (tertiary alicyclic amines) is 1. The molecule has 0 bridgehead atoms. The van der Waals surface area contributed by atoms with E-state index in [1.807, 2.05) is 4.90 Å². The van der Waals surface area contributed by atoms with Crippen LogP contribution in [0, 0.1) is 11.8 Å². The van der Waals surface area contributed by atoms with Crippen molar-refractivity contribution in [3.63, 3.8) is 0 Å². The first kappa shape index (κ1) is 18.3. The molecule has 0 aromatic heterocycles. The van der Waals surface area contributed by atoms with Gasteiger partial charge in [0.15, 0.2) is 0 Å². The molecule has 1 atom stereocenters. The van der Waals surface area contributed by atoms with Gasteiger partial charge in [0.1, 0.15) is 5.54 Å². The van der Waals surface area contributed by atoms with Gasteiger partial charge < -0.3 is 15.5 Å². The first-order valence-electron chi connectivity index (χ1n) is 10.2. The summed E-state index contributed by atoms with van der Waals surface area (Å²) in [6, 6.07) is -0.315. The van der Waals surface area contributed by atoms with E-state index in [1.54, 1.807) is 0 Å². The molecule has 27 heavy (non-hydrogen) atoms. The molecule has 2 aliphatic heterocycles. The monoisotopic (exact) mass is 376 g/mol. The van der Waals surface area contributed by atoms with Crippen LogP contribution in [-0.2, 0) is 14.4 Å². The Balaban J connectivity index is 1.19. The molecular weight excluding hydrogens is 348 g/mol. The Morgan fingerprint density at radius 2 is 1.93 bits per heavy atom. The second-order valence-corrected chi connectivity index (χ2v) is 8.46. The fourth-order valence-corrected chi connectivity index (χ4v) is 4.53. The van der Waals surface area contributed by atoms with Gasteiger partial charge in [-0.05, 0) is 38.0 Å². The summed E-state index contributed by atoms with van der Waals surface area (Å²) < 4.78 is 0. The number of hydrogen-bond donors (Lipinski definition) is 2. The summed E-state index contributed by atoms with van der Waals surface area (Å²) in [6.07, 6.45) is 6.55. The van der Waals surface area contributed by atoms with Crippen LogP contribution in [0.2, 0.25) is 0 Å².